The smallest absolute Gasteiger partial charge is 0.229 e. The van der Waals surface area contributed by atoms with Crippen molar-refractivity contribution < 1.29 is 9.53 Å². The third kappa shape index (κ3) is 2.96. The van der Waals surface area contributed by atoms with E-state index in [0.717, 1.165) is 23.4 Å². The Balaban J connectivity index is 2.44. The quantitative estimate of drug-likeness (QED) is 0.922. The molecule has 0 spiro atoms. The molecule has 1 aliphatic heterocycles. The number of nitrogens with two attached hydrogens (primary N) is 1. The minimum atomic E-state index is -0.368. The van der Waals surface area contributed by atoms with Gasteiger partial charge < -0.3 is 15.4 Å². The summed E-state index contributed by atoms with van der Waals surface area (Å²) < 4.78 is 5.99. The minimum Gasteiger partial charge on any atom is -0.484 e. The average molecular weight is 276 g/mol. The Morgan fingerprint density at radius 3 is 2.75 bits per heavy atom. The fourth-order valence-electron chi connectivity index (χ4n) is 2.49. The van der Waals surface area contributed by atoms with Crippen LogP contribution in [0.15, 0.2) is 18.2 Å². The monoisotopic (exact) mass is 276 g/mol. The normalized spacial score (nSPS) is 16.8. The highest BCUT2D eigenvalue weighted by molar-refractivity contribution is 5.96. The van der Waals surface area contributed by atoms with Crippen molar-refractivity contribution in [1.82, 2.24) is 0 Å². The van der Waals surface area contributed by atoms with Crippen LogP contribution in [0, 0.1) is 5.92 Å². The standard InChI is InChI=1S/C16H24N2O2/c1-11(2)15(19)18-10-16(3,4)20-14-6-5-12(7-8-17)9-13(14)18/h5-6,9,11H,7-8,10,17H2,1-4H3. The van der Waals surface area contributed by atoms with Gasteiger partial charge in [0.15, 0.2) is 0 Å². The van der Waals surface area contributed by atoms with Crippen LogP contribution >= 0.6 is 0 Å². The molecule has 0 unspecified atom stereocenters. The molecule has 1 aromatic carbocycles. The van der Waals surface area contributed by atoms with E-state index in [2.05, 4.69) is 0 Å². The fourth-order valence-corrected chi connectivity index (χ4v) is 2.49. The van der Waals surface area contributed by atoms with Crippen LogP contribution in [-0.4, -0.2) is 24.6 Å². The van der Waals surface area contributed by atoms with Crippen molar-refractivity contribution in [2.24, 2.45) is 11.7 Å². The van der Waals surface area contributed by atoms with Crippen molar-refractivity contribution in [3.8, 4) is 5.75 Å². The van der Waals surface area contributed by atoms with Crippen molar-refractivity contribution >= 4 is 11.6 Å². The van der Waals surface area contributed by atoms with Gasteiger partial charge in [-0.1, -0.05) is 19.9 Å². The highest BCUT2D eigenvalue weighted by atomic mass is 16.5. The predicted molar refractivity (Wildman–Crippen MR) is 81.1 cm³/mol. The summed E-state index contributed by atoms with van der Waals surface area (Å²) in [6.07, 6.45) is 0.806. The highest BCUT2D eigenvalue weighted by Crippen LogP contribution is 2.38. The van der Waals surface area contributed by atoms with Crippen molar-refractivity contribution in [2.75, 3.05) is 18.0 Å². The maximum Gasteiger partial charge on any atom is 0.229 e. The number of nitrogens with zero attached hydrogens (tertiary/aromatic N) is 1. The van der Waals surface area contributed by atoms with Crippen LogP contribution in [0.3, 0.4) is 0 Å². The zero-order valence-corrected chi connectivity index (χ0v) is 12.8. The van der Waals surface area contributed by atoms with Crippen LogP contribution in [0.25, 0.3) is 0 Å². The van der Waals surface area contributed by atoms with E-state index in [4.69, 9.17) is 10.5 Å². The number of carbonyl (C=O) groups excluding carboxylic acids is 1. The summed E-state index contributed by atoms with van der Waals surface area (Å²) in [5.41, 5.74) is 7.25. The van der Waals surface area contributed by atoms with Crippen molar-refractivity contribution in [3.05, 3.63) is 23.8 Å². The molecule has 1 heterocycles. The highest BCUT2D eigenvalue weighted by Gasteiger charge is 2.35. The predicted octanol–water partition coefficient (Wildman–Crippen LogP) is 2.35. The second-order valence-electron chi connectivity index (χ2n) is 6.28. The number of hydrogen-bond donors (Lipinski definition) is 1. The lowest BCUT2D eigenvalue weighted by atomic mass is 10.0. The molecule has 4 nitrogen and oxygen atoms in total. The third-order valence-corrected chi connectivity index (χ3v) is 3.43. The molecule has 0 aromatic heterocycles. The van der Waals surface area contributed by atoms with E-state index in [9.17, 15) is 4.79 Å². The molecule has 0 radical (unpaired) electrons. The van der Waals surface area contributed by atoms with E-state index in [-0.39, 0.29) is 17.4 Å². The van der Waals surface area contributed by atoms with E-state index in [1.807, 2.05) is 50.8 Å². The van der Waals surface area contributed by atoms with Crippen molar-refractivity contribution in [3.63, 3.8) is 0 Å². The Morgan fingerprint density at radius 2 is 2.15 bits per heavy atom. The molecule has 20 heavy (non-hydrogen) atoms. The van der Waals surface area contributed by atoms with Gasteiger partial charge in [-0.05, 0) is 44.5 Å². The van der Waals surface area contributed by atoms with Gasteiger partial charge in [-0.2, -0.15) is 0 Å². The third-order valence-electron chi connectivity index (χ3n) is 3.43. The van der Waals surface area contributed by atoms with E-state index >= 15 is 0 Å². The lowest BCUT2D eigenvalue weighted by molar-refractivity contribution is -0.122. The van der Waals surface area contributed by atoms with Crippen LogP contribution in [0.4, 0.5) is 5.69 Å². The van der Waals surface area contributed by atoms with Crippen LogP contribution in [0.2, 0.25) is 0 Å². The van der Waals surface area contributed by atoms with Gasteiger partial charge in [0.1, 0.15) is 11.4 Å². The van der Waals surface area contributed by atoms with Gasteiger partial charge in [-0.15, -0.1) is 0 Å². The maximum atomic E-state index is 12.5. The zero-order chi connectivity index (χ0) is 14.9. The molecule has 2 N–H and O–H groups in total. The van der Waals surface area contributed by atoms with Gasteiger partial charge >= 0.3 is 0 Å². The van der Waals surface area contributed by atoms with Crippen molar-refractivity contribution in [2.45, 2.75) is 39.7 Å². The lowest BCUT2D eigenvalue weighted by Crippen LogP contribution is -2.50. The van der Waals surface area contributed by atoms with Crippen molar-refractivity contribution in [1.29, 1.82) is 0 Å². The molecule has 0 atom stereocenters. The van der Waals surface area contributed by atoms with Crippen LogP contribution in [0.5, 0.6) is 5.75 Å². The summed E-state index contributed by atoms with van der Waals surface area (Å²) in [5, 5.41) is 0. The first kappa shape index (κ1) is 14.9. The first-order valence-corrected chi connectivity index (χ1v) is 7.17. The van der Waals surface area contributed by atoms with Gasteiger partial charge in [0.2, 0.25) is 5.91 Å². The summed E-state index contributed by atoms with van der Waals surface area (Å²) in [4.78, 5) is 14.3. The van der Waals surface area contributed by atoms with E-state index < -0.39 is 0 Å². The Kier molecular flexibility index (Phi) is 4.04. The van der Waals surface area contributed by atoms with Gasteiger partial charge in [0.05, 0.1) is 12.2 Å². The zero-order valence-electron chi connectivity index (χ0n) is 12.8. The summed E-state index contributed by atoms with van der Waals surface area (Å²) >= 11 is 0. The number of anilines is 1. The fraction of sp³-hybridized carbons (Fsp3) is 0.562. The van der Waals surface area contributed by atoms with Gasteiger partial charge in [-0.25, -0.2) is 0 Å². The van der Waals surface area contributed by atoms with E-state index in [0.29, 0.717) is 13.1 Å². The maximum absolute atomic E-state index is 12.5. The van der Waals surface area contributed by atoms with E-state index in [1.54, 1.807) is 0 Å². The molecule has 2 rings (SSSR count). The Morgan fingerprint density at radius 1 is 1.45 bits per heavy atom. The SMILES string of the molecule is CC(C)C(=O)N1CC(C)(C)Oc2ccc(CCN)cc21. The number of hydrogen-bond acceptors (Lipinski definition) is 3. The molecule has 1 aromatic rings. The van der Waals surface area contributed by atoms with Gasteiger partial charge in [0.25, 0.3) is 0 Å². The molecule has 0 bridgehead atoms. The lowest BCUT2D eigenvalue weighted by Gasteiger charge is -2.40. The number of fused-ring (bicyclic) bond motifs is 1. The molecule has 110 valence electrons. The van der Waals surface area contributed by atoms with Gasteiger partial charge in [-0.3, -0.25) is 4.79 Å². The Hall–Kier alpha value is -1.55. The number of carbonyl (C=O) groups is 1. The molecule has 4 heteroatoms. The molecule has 0 saturated carbocycles. The molecular formula is C16H24N2O2. The second-order valence-corrected chi connectivity index (χ2v) is 6.28. The Bertz CT molecular complexity index is 509. The first-order valence-electron chi connectivity index (χ1n) is 7.17. The Labute approximate surface area is 120 Å². The molecule has 0 fully saturated rings. The number of amides is 1. The van der Waals surface area contributed by atoms with Gasteiger partial charge in [0, 0.05) is 5.92 Å². The first-order chi connectivity index (χ1) is 9.34. The summed E-state index contributed by atoms with van der Waals surface area (Å²) in [6, 6.07) is 5.99. The molecule has 0 aliphatic carbocycles. The number of benzene rings is 1. The molecule has 0 saturated heterocycles. The molecule has 1 aliphatic rings. The number of rotatable bonds is 3. The summed E-state index contributed by atoms with van der Waals surface area (Å²) in [5.74, 6) is 0.874. The number of ether oxygens (including phenoxy) is 1. The largest absolute Gasteiger partial charge is 0.484 e. The van der Waals surface area contributed by atoms with Crippen LogP contribution < -0.4 is 15.4 Å². The second kappa shape index (κ2) is 5.44. The summed E-state index contributed by atoms with van der Waals surface area (Å²) in [6.45, 7) is 9.03. The topological polar surface area (TPSA) is 55.6 Å². The van der Waals surface area contributed by atoms with Crippen LogP contribution in [0.1, 0.15) is 33.3 Å². The average Bonchev–Trinajstić information content (AvgIpc) is 2.37. The van der Waals surface area contributed by atoms with Crippen LogP contribution in [-0.2, 0) is 11.2 Å². The summed E-state index contributed by atoms with van der Waals surface area (Å²) in [7, 11) is 0. The molecule has 1 amide bonds. The minimum absolute atomic E-state index is 0.0325. The van der Waals surface area contributed by atoms with E-state index in [1.165, 1.54) is 0 Å². The molecular weight excluding hydrogens is 252 g/mol.